The van der Waals surface area contributed by atoms with Gasteiger partial charge in [-0.05, 0) is 72.8 Å². The first kappa shape index (κ1) is 17.5. The van der Waals surface area contributed by atoms with Crippen LogP contribution < -0.4 is 10.6 Å². The van der Waals surface area contributed by atoms with E-state index in [-0.39, 0.29) is 5.54 Å². The van der Waals surface area contributed by atoms with E-state index in [0.717, 1.165) is 25.6 Å². The van der Waals surface area contributed by atoms with Crippen molar-refractivity contribution in [3.05, 3.63) is 0 Å². The van der Waals surface area contributed by atoms with Crippen LogP contribution in [0.4, 0.5) is 0 Å². The number of hydrogen-bond donors (Lipinski definition) is 2. The highest BCUT2D eigenvalue weighted by Crippen LogP contribution is 2.31. The number of nitrogens with zero attached hydrogens (tertiary/aromatic N) is 3. The standard InChI is InChI=1S/C17H35N5/c1-4-18-16(19-5-2)20-15-17(9-13-21(3)14-10-17)22-11-7-6-8-12-22/h4-15H2,1-3H3,(H2,18,19,20). The molecule has 2 saturated heterocycles. The molecule has 0 amide bonds. The van der Waals surface area contributed by atoms with E-state index >= 15 is 0 Å². The topological polar surface area (TPSA) is 42.9 Å². The Bertz CT molecular complexity index is 333. The third-order valence-electron chi connectivity index (χ3n) is 5.16. The molecule has 128 valence electrons. The number of nitrogens with one attached hydrogen (secondary N) is 2. The van der Waals surface area contributed by atoms with Crippen LogP contribution in [-0.4, -0.2) is 74.2 Å². The molecule has 2 heterocycles. The molecule has 5 nitrogen and oxygen atoms in total. The number of guanidine groups is 1. The van der Waals surface area contributed by atoms with Gasteiger partial charge in [0, 0.05) is 18.6 Å². The average Bonchev–Trinajstić information content (AvgIpc) is 2.56. The van der Waals surface area contributed by atoms with Gasteiger partial charge in [0.05, 0.1) is 6.54 Å². The van der Waals surface area contributed by atoms with Gasteiger partial charge in [0.25, 0.3) is 0 Å². The van der Waals surface area contributed by atoms with Crippen LogP contribution >= 0.6 is 0 Å². The smallest absolute Gasteiger partial charge is 0.191 e. The SMILES string of the molecule is CCNC(=NCC1(N2CCCCC2)CCN(C)CC1)NCC. The molecular formula is C17H35N5. The lowest BCUT2D eigenvalue weighted by molar-refractivity contribution is 0.0208. The van der Waals surface area contributed by atoms with E-state index in [0.29, 0.717) is 0 Å². The summed E-state index contributed by atoms with van der Waals surface area (Å²) < 4.78 is 0. The monoisotopic (exact) mass is 309 g/mol. The summed E-state index contributed by atoms with van der Waals surface area (Å²) in [5, 5.41) is 6.72. The summed E-state index contributed by atoms with van der Waals surface area (Å²) in [4.78, 5) is 10.1. The van der Waals surface area contributed by atoms with E-state index in [1.165, 1.54) is 58.3 Å². The van der Waals surface area contributed by atoms with Crippen LogP contribution in [0.25, 0.3) is 0 Å². The highest BCUT2D eigenvalue weighted by molar-refractivity contribution is 5.79. The number of hydrogen-bond acceptors (Lipinski definition) is 3. The minimum Gasteiger partial charge on any atom is -0.357 e. The van der Waals surface area contributed by atoms with Gasteiger partial charge >= 0.3 is 0 Å². The maximum Gasteiger partial charge on any atom is 0.191 e. The molecule has 0 aromatic heterocycles. The van der Waals surface area contributed by atoms with Crippen LogP contribution in [0.15, 0.2) is 4.99 Å². The number of rotatable bonds is 5. The number of piperidine rings is 2. The zero-order chi connectivity index (χ0) is 15.8. The van der Waals surface area contributed by atoms with Crippen molar-refractivity contribution in [3.63, 3.8) is 0 Å². The molecule has 0 aromatic rings. The summed E-state index contributed by atoms with van der Waals surface area (Å²) in [6.45, 7) is 11.9. The summed E-state index contributed by atoms with van der Waals surface area (Å²) in [7, 11) is 2.24. The Labute approximate surface area is 136 Å². The first-order valence-corrected chi connectivity index (χ1v) is 9.16. The lowest BCUT2D eigenvalue weighted by Crippen LogP contribution is -2.58. The van der Waals surface area contributed by atoms with Gasteiger partial charge in [0.15, 0.2) is 5.96 Å². The molecule has 2 aliphatic rings. The molecule has 5 heteroatoms. The fourth-order valence-electron chi connectivity index (χ4n) is 3.71. The van der Waals surface area contributed by atoms with Gasteiger partial charge in [-0.15, -0.1) is 0 Å². The zero-order valence-corrected chi connectivity index (χ0v) is 14.8. The zero-order valence-electron chi connectivity index (χ0n) is 14.8. The second-order valence-electron chi connectivity index (χ2n) is 6.80. The van der Waals surface area contributed by atoms with E-state index in [1.807, 2.05) is 0 Å². The maximum atomic E-state index is 4.93. The van der Waals surface area contributed by atoms with E-state index in [1.54, 1.807) is 0 Å². The first-order valence-electron chi connectivity index (χ1n) is 9.16. The normalized spacial score (nSPS) is 23.0. The lowest BCUT2D eigenvalue weighted by Gasteiger charge is -2.49. The molecule has 2 N–H and O–H groups in total. The summed E-state index contributed by atoms with van der Waals surface area (Å²) in [6, 6.07) is 0. The molecule has 0 aromatic carbocycles. The van der Waals surface area contributed by atoms with E-state index in [9.17, 15) is 0 Å². The largest absolute Gasteiger partial charge is 0.357 e. The Morgan fingerprint density at radius 1 is 0.955 bits per heavy atom. The molecular weight excluding hydrogens is 274 g/mol. The fourth-order valence-corrected chi connectivity index (χ4v) is 3.71. The third kappa shape index (κ3) is 4.59. The van der Waals surface area contributed by atoms with E-state index in [2.05, 4.69) is 41.3 Å². The van der Waals surface area contributed by atoms with Crippen molar-refractivity contribution in [1.82, 2.24) is 20.4 Å². The van der Waals surface area contributed by atoms with Gasteiger partial charge in [-0.2, -0.15) is 0 Å². The van der Waals surface area contributed by atoms with Gasteiger partial charge in [-0.3, -0.25) is 9.89 Å². The molecule has 0 spiro atoms. The van der Waals surface area contributed by atoms with Crippen molar-refractivity contribution in [2.75, 3.05) is 52.9 Å². The minimum absolute atomic E-state index is 0.281. The maximum absolute atomic E-state index is 4.93. The molecule has 2 fully saturated rings. The first-order chi connectivity index (χ1) is 10.7. The third-order valence-corrected chi connectivity index (χ3v) is 5.16. The van der Waals surface area contributed by atoms with Crippen LogP contribution in [0, 0.1) is 0 Å². The lowest BCUT2D eigenvalue weighted by atomic mass is 9.84. The Hall–Kier alpha value is -0.810. The van der Waals surface area contributed by atoms with Gasteiger partial charge in [-0.1, -0.05) is 6.42 Å². The van der Waals surface area contributed by atoms with Crippen molar-refractivity contribution in [2.24, 2.45) is 4.99 Å². The summed E-state index contributed by atoms with van der Waals surface area (Å²) in [5.41, 5.74) is 0.281. The molecule has 0 bridgehead atoms. The van der Waals surface area contributed by atoms with Gasteiger partial charge in [0.1, 0.15) is 0 Å². The van der Waals surface area contributed by atoms with Gasteiger partial charge in [-0.25, -0.2) is 0 Å². The summed E-state index contributed by atoms with van der Waals surface area (Å²) in [6.07, 6.45) is 6.61. The Morgan fingerprint density at radius 2 is 1.55 bits per heavy atom. The Kier molecular flexibility index (Phi) is 6.96. The van der Waals surface area contributed by atoms with Gasteiger partial charge in [0.2, 0.25) is 0 Å². The van der Waals surface area contributed by atoms with E-state index in [4.69, 9.17) is 4.99 Å². The second kappa shape index (κ2) is 8.73. The molecule has 0 atom stereocenters. The van der Waals surface area contributed by atoms with Crippen molar-refractivity contribution in [2.45, 2.75) is 51.5 Å². The van der Waals surface area contributed by atoms with Crippen LogP contribution in [0.3, 0.4) is 0 Å². The Morgan fingerprint density at radius 3 is 2.09 bits per heavy atom. The molecule has 2 aliphatic heterocycles. The highest BCUT2D eigenvalue weighted by atomic mass is 15.3. The van der Waals surface area contributed by atoms with Crippen molar-refractivity contribution >= 4 is 5.96 Å². The molecule has 0 radical (unpaired) electrons. The summed E-state index contributed by atoms with van der Waals surface area (Å²) in [5.74, 6) is 0.973. The van der Waals surface area contributed by atoms with Crippen molar-refractivity contribution < 1.29 is 0 Å². The van der Waals surface area contributed by atoms with Crippen LogP contribution in [0.5, 0.6) is 0 Å². The van der Waals surface area contributed by atoms with Crippen molar-refractivity contribution in [1.29, 1.82) is 0 Å². The molecule has 22 heavy (non-hydrogen) atoms. The van der Waals surface area contributed by atoms with E-state index < -0.39 is 0 Å². The highest BCUT2D eigenvalue weighted by Gasteiger charge is 2.39. The predicted octanol–water partition coefficient (Wildman–Crippen LogP) is 1.51. The van der Waals surface area contributed by atoms with Crippen LogP contribution in [-0.2, 0) is 0 Å². The molecule has 2 rings (SSSR count). The van der Waals surface area contributed by atoms with Gasteiger partial charge < -0.3 is 15.5 Å². The van der Waals surface area contributed by atoms with Crippen molar-refractivity contribution in [3.8, 4) is 0 Å². The summed E-state index contributed by atoms with van der Waals surface area (Å²) >= 11 is 0. The quantitative estimate of drug-likeness (QED) is 0.597. The van der Waals surface area contributed by atoms with Crippen LogP contribution in [0.1, 0.15) is 46.0 Å². The molecule has 0 unspecified atom stereocenters. The second-order valence-corrected chi connectivity index (χ2v) is 6.80. The predicted molar refractivity (Wildman–Crippen MR) is 94.5 cm³/mol. The number of likely N-dealkylation sites (tertiary alicyclic amines) is 2. The average molecular weight is 310 g/mol. The van der Waals surface area contributed by atoms with Crippen LogP contribution in [0.2, 0.25) is 0 Å². The Balaban J connectivity index is 2.08. The molecule has 0 aliphatic carbocycles. The number of aliphatic imine (C=N–C) groups is 1. The molecule has 0 saturated carbocycles. The fraction of sp³-hybridized carbons (Fsp3) is 0.941. The minimum atomic E-state index is 0.281.